The predicted octanol–water partition coefficient (Wildman–Crippen LogP) is 5.86. The van der Waals surface area contributed by atoms with Gasteiger partial charge in [-0.15, -0.1) is 0 Å². The minimum absolute atomic E-state index is 0.160. The summed E-state index contributed by atoms with van der Waals surface area (Å²) in [4.78, 5) is 17.4. The number of hydrogen-bond donors (Lipinski definition) is 1. The van der Waals surface area contributed by atoms with Crippen LogP contribution in [0.2, 0.25) is 0 Å². The lowest BCUT2D eigenvalue weighted by atomic mass is 9.99. The molecule has 4 aromatic rings. The van der Waals surface area contributed by atoms with Gasteiger partial charge >= 0.3 is 0 Å². The van der Waals surface area contributed by atoms with Crippen molar-refractivity contribution >= 4 is 11.9 Å². The summed E-state index contributed by atoms with van der Waals surface area (Å²) in [5, 5.41) is 2.97. The molecule has 1 aromatic heterocycles. The molecule has 156 valence electrons. The van der Waals surface area contributed by atoms with Gasteiger partial charge in [-0.1, -0.05) is 48.5 Å². The number of anilines is 1. The zero-order valence-corrected chi connectivity index (χ0v) is 18.4. The van der Waals surface area contributed by atoms with Crippen LogP contribution in [0.4, 0.5) is 5.95 Å². The van der Waals surface area contributed by atoms with Crippen molar-refractivity contribution in [2.45, 2.75) is 27.2 Å². The number of nitrogens with one attached hydrogen (secondary N) is 1. The Morgan fingerprint density at radius 1 is 0.871 bits per heavy atom. The summed E-state index contributed by atoms with van der Waals surface area (Å²) >= 11 is 0. The van der Waals surface area contributed by atoms with E-state index < -0.39 is 0 Å². The highest BCUT2D eigenvalue weighted by Gasteiger charge is 2.15. The maximum atomic E-state index is 12.9. The van der Waals surface area contributed by atoms with Crippen LogP contribution in [0.1, 0.15) is 38.2 Å². The smallest absolute Gasteiger partial charge is 0.257 e. The number of carbonyl (C=O) groups excluding carboxylic acids is 1. The Labute approximate surface area is 183 Å². The van der Waals surface area contributed by atoms with Crippen LogP contribution < -0.4 is 5.32 Å². The summed E-state index contributed by atoms with van der Waals surface area (Å²) < 4.78 is 1.93. The Morgan fingerprint density at radius 3 is 2.35 bits per heavy atom. The second-order valence-corrected chi connectivity index (χ2v) is 8.09. The first-order chi connectivity index (χ1) is 14.9. The van der Waals surface area contributed by atoms with Crippen LogP contribution in [-0.2, 0) is 13.5 Å². The third kappa shape index (κ3) is 4.43. The Morgan fingerprint density at radius 2 is 1.58 bits per heavy atom. The molecule has 0 spiro atoms. The van der Waals surface area contributed by atoms with Gasteiger partial charge in [-0.3, -0.25) is 10.1 Å². The van der Waals surface area contributed by atoms with Crippen molar-refractivity contribution in [2.75, 3.05) is 5.32 Å². The number of benzene rings is 3. The van der Waals surface area contributed by atoms with Crippen LogP contribution in [0.25, 0.3) is 11.3 Å². The lowest BCUT2D eigenvalue weighted by molar-refractivity contribution is 0.102. The number of rotatable bonds is 5. The van der Waals surface area contributed by atoms with Crippen LogP contribution in [0.5, 0.6) is 0 Å². The fourth-order valence-electron chi connectivity index (χ4n) is 3.84. The molecular formula is C27H27N3O. The number of aryl methyl sites for hydroxylation is 3. The molecular weight excluding hydrogens is 382 g/mol. The second kappa shape index (κ2) is 8.60. The van der Waals surface area contributed by atoms with E-state index in [0.29, 0.717) is 11.5 Å². The van der Waals surface area contributed by atoms with Crippen LogP contribution in [0.15, 0.2) is 72.9 Å². The molecule has 4 heteroatoms. The standard InChI is InChI=1S/C27H27N3O/c1-18-13-20(3)24(14-19(18)2)25-17-28-27(30(25)4)29-26(31)23-12-8-11-22(16-23)15-21-9-6-5-7-10-21/h5-14,16-17H,15H2,1-4H3,(H,28,29,31). The van der Waals surface area contributed by atoms with Gasteiger partial charge in [0, 0.05) is 18.2 Å². The molecule has 0 unspecified atom stereocenters. The molecule has 1 N–H and O–H groups in total. The Hall–Kier alpha value is -3.66. The second-order valence-electron chi connectivity index (χ2n) is 8.09. The molecule has 0 bridgehead atoms. The number of nitrogens with zero attached hydrogens (tertiary/aromatic N) is 2. The first-order valence-corrected chi connectivity index (χ1v) is 10.5. The van der Waals surface area contributed by atoms with Crippen molar-refractivity contribution in [3.63, 3.8) is 0 Å². The number of amides is 1. The Bertz CT molecular complexity index is 1240. The Kier molecular flexibility index (Phi) is 5.72. The lowest BCUT2D eigenvalue weighted by Crippen LogP contribution is -2.15. The van der Waals surface area contributed by atoms with Crippen molar-refractivity contribution in [2.24, 2.45) is 7.05 Å². The highest BCUT2D eigenvalue weighted by Crippen LogP contribution is 2.28. The largest absolute Gasteiger partial charge is 0.313 e. The quantitative estimate of drug-likeness (QED) is 0.449. The average Bonchev–Trinajstić information content (AvgIpc) is 3.11. The fraction of sp³-hybridized carbons (Fsp3) is 0.185. The zero-order chi connectivity index (χ0) is 22.0. The van der Waals surface area contributed by atoms with Crippen LogP contribution in [-0.4, -0.2) is 15.5 Å². The summed E-state index contributed by atoms with van der Waals surface area (Å²) in [5.41, 5.74) is 8.76. The molecule has 1 amide bonds. The van der Waals surface area contributed by atoms with E-state index in [1.165, 1.54) is 22.3 Å². The first-order valence-electron chi connectivity index (χ1n) is 10.5. The summed E-state index contributed by atoms with van der Waals surface area (Å²) in [6.07, 6.45) is 2.61. The number of imidazole rings is 1. The van der Waals surface area contributed by atoms with Gasteiger partial charge in [-0.25, -0.2) is 4.98 Å². The average molecular weight is 410 g/mol. The number of hydrogen-bond acceptors (Lipinski definition) is 2. The van der Waals surface area contributed by atoms with Gasteiger partial charge in [0.25, 0.3) is 5.91 Å². The van der Waals surface area contributed by atoms with E-state index in [1.54, 1.807) is 0 Å². The van der Waals surface area contributed by atoms with Gasteiger partial charge in [0.15, 0.2) is 0 Å². The van der Waals surface area contributed by atoms with E-state index in [2.05, 4.69) is 55.3 Å². The van der Waals surface area contributed by atoms with E-state index >= 15 is 0 Å². The summed E-state index contributed by atoms with van der Waals surface area (Å²) in [7, 11) is 1.93. The normalized spacial score (nSPS) is 10.8. The van der Waals surface area contributed by atoms with Crippen molar-refractivity contribution in [3.8, 4) is 11.3 Å². The van der Waals surface area contributed by atoms with E-state index in [9.17, 15) is 4.79 Å². The van der Waals surface area contributed by atoms with Gasteiger partial charge in [-0.2, -0.15) is 0 Å². The molecule has 0 saturated heterocycles. The highest BCUT2D eigenvalue weighted by molar-refractivity contribution is 6.03. The minimum Gasteiger partial charge on any atom is -0.313 e. The van der Waals surface area contributed by atoms with Crippen molar-refractivity contribution in [1.82, 2.24) is 9.55 Å². The molecule has 0 fully saturated rings. The highest BCUT2D eigenvalue weighted by atomic mass is 16.1. The monoisotopic (exact) mass is 409 g/mol. The summed E-state index contributed by atoms with van der Waals surface area (Å²) in [6.45, 7) is 6.33. The molecule has 1 heterocycles. The molecule has 4 nitrogen and oxygen atoms in total. The summed E-state index contributed by atoms with van der Waals surface area (Å²) in [5.74, 6) is 0.373. The molecule has 4 rings (SSSR count). The lowest BCUT2D eigenvalue weighted by Gasteiger charge is -2.12. The maximum absolute atomic E-state index is 12.9. The van der Waals surface area contributed by atoms with Crippen LogP contribution in [0.3, 0.4) is 0 Å². The Balaban J connectivity index is 1.55. The predicted molar refractivity (Wildman–Crippen MR) is 126 cm³/mol. The number of aromatic nitrogens is 2. The zero-order valence-electron chi connectivity index (χ0n) is 18.4. The minimum atomic E-state index is -0.160. The van der Waals surface area contributed by atoms with E-state index in [0.717, 1.165) is 23.2 Å². The molecule has 0 aliphatic heterocycles. The van der Waals surface area contributed by atoms with Crippen LogP contribution in [0, 0.1) is 20.8 Å². The third-order valence-electron chi connectivity index (χ3n) is 5.77. The fourth-order valence-corrected chi connectivity index (χ4v) is 3.84. The van der Waals surface area contributed by atoms with Gasteiger partial charge in [0.1, 0.15) is 0 Å². The molecule has 0 aliphatic carbocycles. The molecule has 0 saturated carbocycles. The third-order valence-corrected chi connectivity index (χ3v) is 5.77. The van der Waals surface area contributed by atoms with E-state index in [4.69, 9.17) is 0 Å². The number of carbonyl (C=O) groups is 1. The van der Waals surface area contributed by atoms with Crippen molar-refractivity contribution in [1.29, 1.82) is 0 Å². The maximum Gasteiger partial charge on any atom is 0.257 e. The summed E-state index contributed by atoms with van der Waals surface area (Å²) in [6, 6.07) is 22.4. The molecule has 0 aliphatic rings. The molecule has 31 heavy (non-hydrogen) atoms. The molecule has 0 atom stereocenters. The SMILES string of the molecule is Cc1cc(C)c(-c2cnc(NC(=O)c3cccc(Cc4ccccc4)c3)n2C)cc1C. The van der Waals surface area contributed by atoms with E-state index in [1.807, 2.05) is 60.3 Å². The van der Waals surface area contributed by atoms with Gasteiger partial charge < -0.3 is 4.57 Å². The van der Waals surface area contributed by atoms with Crippen molar-refractivity contribution < 1.29 is 4.79 Å². The van der Waals surface area contributed by atoms with E-state index in [-0.39, 0.29) is 5.91 Å². The van der Waals surface area contributed by atoms with Crippen molar-refractivity contribution in [3.05, 3.63) is 106 Å². The topological polar surface area (TPSA) is 46.9 Å². The molecule has 3 aromatic carbocycles. The first kappa shape index (κ1) is 20.6. The van der Waals surface area contributed by atoms with Gasteiger partial charge in [0.05, 0.1) is 11.9 Å². The van der Waals surface area contributed by atoms with Gasteiger partial charge in [-0.05, 0) is 73.2 Å². The van der Waals surface area contributed by atoms with Gasteiger partial charge in [0.2, 0.25) is 5.95 Å². The van der Waals surface area contributed by atoms with Crippen LogP contribution >= 0.6 is 0 Å². The molecule has 0 radical (unpaired) electrons.